The maximum Gasteiger partial charge on any atom is 0.307 e. The first kappa shape index (κ1) is 10.2. The third-order valence-electron chi connectivity index (χ3n) is 2.83. The summed E-state index contributed by atoms with van der Waals surface area (Å²) in [4.78, 5) is 10.5. The highest BCUT2D eigenvalue weighted by atomic mass is 16.4. The van der Waals surface area contributed by atoms with Crippen molar-refractivity contribution in [2.75, 3.05) is 0 Å². The van der Waals surface area contributed by atoms with Crippen LogP contribution in [0.2, 0.25) is 0 Å². The molecule has 15 heavy (non-hydrogen) atoms. The minimum atomic E-state index is -0.822. The van der Waals surface area contributed by atoms with Crippen LogP contribution in [0.5, 0.6) is 0 Å². The molecule has 82 valence electrons. The lowest BCUT2D eigenvalue weighted by molar-refractivity contribution is -0.136. The van der Waals surface area contributed by atoms with Gasteiger partial charge in [-0.15, -0.1) is 0 Å². The number of rotatable bonds is 3. The zero-order valence-electron chi connectivity index (χ0n) is 8.47. The Hall–Kier alpha value is -1.36. The van der Waals surface area contributed by atoms with E-state index < -0.39 is 5.97 Å². The molecular formula is C10H15N3O2. The highest BCUT2D eigenvalue weighted by Crippen LogP contribution is 2.28. The molecular weight excluding hydrogens is 194 g/mol. The lowest BCUT2D eigenvalue weighted by atomic mass is 10.2. The number of nitrogens with zero attached hydrogens (tertiary/aromatic N) is 2. The molecule has 2 atom stereocenters. The highest BCUT2D eigenvalue weighted by Gasteiger charge is 2.23. The lowest BCUT2D eigenvalue weighted by Gasteiger charge is -2.09. The second-order valence-electron chi connectivity index (χ2n) is 4.13. The average Bonchev–Trinajstić information content (AvgIpc) is 2.72. The van der Waals surface area contributed by atoms with Crippen molar-refractivity contribution in [2.24, 2.45) is 5.73 Å². The first-order chi connectivity index (χ1) is 7.15. The summed E-state index contributed by atoms with van der Waals surface area (Å²) in [7, 11) is 0. The molecule has 3 N–H and O–H groups in total. The molecule has 1 aromatic heterocycles. The molecule has 0 saturated heterocycles. The summed E-state index contributed by atoms with van der Waals surface area (Å²) in [5, 5.41) is 12.8. The number of nitrogens with two attached hydrogens (primary N) is 1. The Kier molecular flexibility index (Phi) is 2.73. The van der Waals surface area contributed by atoms with E-state index in [-0.39, 0.29) is 12.5 Å². The summed E-state index contributed by atoms with van der Waals surface area (Å²) in [6, 6.07) is 0.615. The van der Waals surface area contributed by atoms with Crippen molar-refractivity contribution < 1.29 is 9.90 Å². The number of carboxylic acids is 1. The van der Waals surface area contributed by atoms with Crippen LogP contribution in [0.25, 0.3) is 0 Å². The summed E-state index contributed by atoms with van der Waals surface area (Å²) >= 11 is 0. The Labute approximate surface area is 87.9 Å². The van der Waals surface area contributed by atoms with Gasteiger partial charge in [-0.25, -0.2) is 0 Å². The molecule has 1 aromatic rings. The van der Waals surface area contributed by atoms with Crippen molar-refractivity contribution in [1.29, 1.82) is 0 Å². The van der Waals surface area contributed by atoms with Crippen molar-refractivity contribution in [3.63, 3.8) is 0 Å². The third-order valence-corrected chi connectivity index (χ3v) is 2.83. The lowest BCUT2D eigenvalue weighted by Crippen LogP contribution is -2.16. The maximum atomic E-state index is 10.5. The van der Waals surface area contributed by atoms with Gasteiger partial charge in [0, 0.05) is 17.8 Å². The van der Waals surface area contributed by atoms with Crippen LogP contribution in [0.15, 0.2) is 12.4 Å². The molecule has 5 nitrogen and oxygen atoms in total. The van der Waals surface area contributed by atoms with Crippen LogP contribution in [-0.2, 0) is 11.2 Å². The second kappa shape index (κ2) is 4.02. The second-order valence-corrected chi connectivity index (χ2v) is 4.13. The predicted molar refractivity (Wildman–Crippen MR) is 54.4 cm³/mol. The molecule has 2 rings (SSSR count). The number of aliphatic carboxylic acids is 1. The van der Waals surface area contributed by atoms with Gasteiger partial charge in [0.2, 0.25) is 0 Å². The van der Waals surface area contributed by atoms with Gasteiger partial charge in [0.15, 0.2) is 0 Å². The van der Waals surface area contributed by atoms with Gasteiger partial charge >= 0.3 is 5.97 Å². The number of carboxylic acid groups (broad SMARTS) is 1. The van der Waals surface area contributed by atoms with Crippen LogP contribution < -0.4 is 5.73 Å². The van der Waals surface area contributed by atoms with E-state index in [9.17, 15) is 4.79 Å². The van der Waals surface area contributed by atoms with Crippen molar-refractivity contribution in [1.82, 2.24) is 9.78 Å². The fourth-order valence-corrected chi connectivity index (χ4v) is 2.07. The van der Waals surface area contributed by atoms with Crippen LogP contribution in [0.4, 0.5) is 0 Å². The van der Waals surface area contributed by atoms with Crippen LogP contribution in [-0.4, -0.2) is 26.9 Å². The maximum absolute atomic E-state index is 10.5. The van der Waals surface area contributed by atoms with E-state index in [0.29, 0.717) is 6.04 Å². The molecule has 0 aliphatic heterocycles. The zero-order chi connectivity index (χ0) is 10.8. The third kappa shape index (κ3) is 2.36. The molecule has 1 saturated carbocycles. The monoisotopic (exact) mass is 209 g/mol. The van der Waals surface area contributed by atoms with Crippen molar-refractivity contribution in [3.8, 4) is 0 Å². The van der Waals surface area contributed by atoms with E-state index in [1.807, 2.05) is 10.9 Å². The average molecular weight is 209 g/mol. The molecule has 0 aromatic carbocycles. The Morgan fingerprint density at radius 1 is 1.67 bits per heavy atom. The fourth-order valence-electron chi connectivity index (χ4n) is 2.07. The van der Waals surface area contributed by atoms with Gasteiger partial charge in [-0.2, -0.15) is 5.10 Å². The van der Waals surface area contributed by atoms with Gasteiger partial charge in [0.1, 0.15) is 0 Å². The van der Waals surface area contributed by atoms with E-state index in [0.717, 1.165) is 24.8 Å². The fraction of sp³-hybridized carbons (Fsp3) is 0.600. The quantitative estimate of drug-likeness (QED) is 0.762. The molecule has 0 amide bonds. The molecule has 1 heterocycles. The van der Waals surface area contributed by atoms with Gasteiger partial charge in [-0.3, -0.25) is 9.48 Å². The molecule has 0 spiro atoms. The predicted octanol–water partition coefficient (Wildman–Crippen LogP) is 0.562. The Morgan fingerprint density at radius 2 is 2.47 bits per heavy atom. The zero-order valence-corrected chi connectivity index (χ0v) is 8.47. The van der Waals surface area contributed by atoms with Crippen molar-refractivity contribution in [3.05, 3.63) is 18.0 Å². The van der Waals surface area contributed by atoms with Crippen molar-refractivity contribution in [2.45, 2.75) is 37.8 Å². The van der Waals surface area contributed by atoms with Gasteiger partial charge in [-0.05, 0) is 19.3 Å². The first-order valence-electron chi connectivity index (χ1n) is 5.15. The first-order valence-corrected chi connectivity index (χ1v) is 5.15. The van der Waals surface area contributed by atoms with E-state index in [1.165, 1.54) is 0 Å². The number of carbonyl (C=O) groups is 1. The molecule has 0 radical (unpaired) electrons. The van der Waals surface area contributed by atoms with Crippen LogP contribution in [0.1, 0.15) is 30.9 Å². The largest absolute Gasteiger partial charge is 0.481 e. The number of aromatic nitrogens is 2. The summed E-state index contributed by atoms with van der Waals surface area (Å²) in [6.07, 6.45) is 6.48. The smallest absolute Gasteiger partial charge is 0.307 e. The standard InChI is InChI=1S/C10H15N3O2/c11-8-1-2-9(4-8)13-6-7(5-12-13)3-10(14)15/h5-6,8-9H,1-4,11H2,(H,14,15). The molecule has 1 fully saturated rings. The minimum absolute atomic E-state index is 0.0404. The summed E-state index contributed by atoms with van der Waals surface area (Å²) < 4.78 is 1.85. The van der Waals surface area contributed by atoms with E-state index >= 15 is 0 Å². The molecule has 1 aliphatic rings. The summed E-state index contributed by atoms with van der Waals surface area (Å²) in [5.41, 5.74) is 6.57. The summed E-state index contributed by atoms with van der Waals surface area (Å²) in [6.45, 7) is 0. The van der Waals surface area contributed by atoms with E-state index in [4.69, 9.17) is 10.8 Å². The van der Waals surface area contributed by atoms with Gasteiger partial charge in [0.05, 0.1) is 18.7 Å². The number of hydrogen-bond acceptors (Lipinski definition) is 3. The van der Waals surface area contributed by atoms with Gasteiger partial charge in [-0.1, -0.05) is 0 Å². The molecule has 5 heteroatoms. The van der Waals surface area contributed by atoms with Crippen molar-refractivity contribution >= 4 is 5.97 Å². The molecule has 1 aliphatic carbocycles. The Morgan fingerprint density at radius 3 is 3.07 bits per heavy atom. The minimum Gasteiger partial charge on any atom is -0.481 e. The van der Waals surface area contributed by atoms with Gasteiger partial charge in [0.25, 0.3) is 0 Å². The van der Waals surface area contributed by atoms with E-state index in [1.54, 1.807) is 6.20 Å². The van der Waals surface area contributed by atoms with Crippen LogP contribution in [0, 0.1) is 0 Å². The molecule has 2 unspecified atom stereocenters. The highest BCUT2D eigenvalue weighted by molar-refractivity contribution is 5.69. The van der Waals surface area contributed by atoms with Gasteiger partial charge < -0.3 is 10.8 Å². The normalized spacial score (nSPS) is 25.7. The summed E-state index contributed by atoms with van der Waals surface area (Å²) in [5.74, 6) is -0.822. The topological polar surface area (TPSA) is 81.1 Å². The van der Waals surface area contributed by atoms with E-state index in [2.05, 4.69) is 5.10 Å². The molecule has 0 bridgehead atoms. The Balaban J connectivity index is 2.03. The number of hydrogen-bond donors (Lipinski definition) is 2. The SMILES string of the molecule is NC1CCC(n2cc(CC(=O)O)cn2)C1. The van der Waals surface area contributed by atoms with Crippen LogP contribution in [0.3, 0.4) is 0 Å². The Bertz CT molecular complexity index is 361. The van der Waals surface area contributed by atoms with Crippen LogP contribution >= 0.6 is 0 Å².